The second-order valence-electron chi connectivity index (χ2n) is 3.78. The van der Waals surface area contributed by atoms with Crippen LogP contribution in [0.15, 0.2) is 42.7 Å². The van der Waals surface area contributed by atoms with Crippen molar-refractivity contribution < 1.29 is 5.11 Å². The first-order valence-electron chi connectivity index (χ1n) is 5.51. The number of benzene rings is 1. The van der Waals surface area contributed by atoms with Crippen molar-refractivity contribution in [3.63, 3.8) is 0 Å². The minimum absolute atomic E-state index is 0.0139. The van der Waals surface area contributed by atoms with Crippen LogP contribution in [0.1, 0.15) is 17.3 Å². The molecule has 4 nitrogen and oxygen atoms in total. The quantitative estimate of drug-likeness (QED) is 0.841. The fourth-order valence-electron chi connectivity index (χ4n) is 1.63. The molecule has 2 N–H and O–H groups in total. The van der Waals surface area contributed by atoms with Gasteiger partial charge in [-0.3, -0.25) is 4.98 Å². The molecule has 0 aliphatic rings. The summed E-state index contributed by atoms with van der Waals surface area (Å²) in [6.45, 7) is 1.90. The highest BCUT2D eigenvalue weighted by atomic mass is 16.3. The van der Waals surface area contributed by atoms with Crippen molar-refractivity contribution in [2.24, 2.45) is 0 Å². The van der Waals surface area contributed by atoms with Gasteiger partial charge in [0.05, 0.1) is 18.3 Å². The van der Waals surface area contributed by atoms with Crippen LogP contribution in [-0.4, -0.2) is 21.7 Å². The Morgan fingerprint density at radius 3 is 2.53 bits per heavy atom. The van der Waals surface area contributed by atoms with Crippen molar-refractivity contribution in [2.45, 2.75) is 13.0 Å². The zero-order valence-corrected chi connectivity index (χ0v) is 9.67. The van der Waals surface area contributed by atoms with Crippen LogP contribution in [0.25, 0.3) is 0 Å². The second kappa shape index (κ2) is 5.41. The standard InChI is InChI=1S/C13H15N3O/c1-10-13(15-8-7-14-10)16-12(9-17)11-5-3-2-4-6-11/h2-8,12,17H,9H2,1H3,(H,15,16). The number of aliphatic hydroxyl groups is 1. The minimum atomic E-state index is -0.161. The summed E-state index contributed by atoms with van der Waals surface area (Å²) in [4.78, 5) is 8.36. The Hall–Kier alpha value is -1.94. The highest BCUT2D eigenvalue weighted by molar-refractivity contribution is 5.41. The van der Waals surface area contributed by atoms with Gasteiger partial charge < -0.3 is 10.4 Å². The summed E-state index contributed by atoms with van der Waals surface area (Å²) in [5, 5.41) is 12.6. The lowest BCUT2D eigenvalue weighted by Gasteiger charge is -2.17. The highest BCUT2D eigenvalue weighted by Gasteiger charge is 2.11. The van der Waals surface area contributed by atoms with Gasteiger partial charge in [0.1, 0.15) is 5.82 Å². The summed E-state index contributed by atoms with van der Waals surface area (Å²) >= 11 is 0. The van der Waals surface area contributed by atoms with E-state index in [1.165, 1.54) is 0 Å². The number of aliphatic hydroxyl groups excluding tert-OH is 1. The van der Waals surface area contributed by atoms with Crippen LogP contribution in [0, 0.1) is 6.92 Å². The van der Waals surface area contributed by atoms with Crippen LogP contribution in [0.2, 0.25) is 0 Å². The van der Waals surface area contributed by atoms with Gasteiger partial charge in [-0.15, -0.1) is 0 Å². The first kappa shape index (κ1) is 11.5. The van der Waals surface area contributed by atoms with Crippen LogP contribution in [0.4, 0.5) is 5.82 Å². The highest BCUT2D eigenvalue weighted by Crippen LogP contribution is 2.18. The van der Waals surface area contributed by atoms with Crippen LogP contribution in [-0.2, 0) is 0 Å². The van der Waals surface area contributed by atoms with Gasteiger partial charge in [0, 0.05) is 12.4 Å². The lowest BCUT2D eigenvalue weighted by atomic mass is 10.1. The van der Waals surface area contributed by atoms with Gasteiger partial charge in [0.25, 0.3) is 0 Å². The molecule has 0 aliphatic carbocycles. The van der Waals surface area contributed by atoms with E-state index in [1.54, 1.807) is 12.4 Å². The molecule has 1 unspecified atom stereocenters. The Labute approximate surface area is 100 Å². The Morgan fingerprint density at radius 1 is 1.18 bits per heavy atom. The number of nitrogens with zero attached hydrogens (tertiary/aromatic N) is 2. The predicted molar refractivity (Wildman–Crippen MR) is 66.7 cm³/mol. The summed E-state index contributed by atoms with van der Waals surface area (Å²) in [6, 6.07) is 9.63. The third kappa shape index (κ3) is 2.79. The van der Waals surface area contributed by atoms with Crippen molar-refractivity contribution in [2.75, 3.05) is 11.9 Å². The SMILES string of the molecule is Cc1nccnc1NC(CO)c1ccccc1. The molecule has 0 amide bonds. The average molecular weight is 229 g/mol. The van der Waals surface area contributed by atoms with E-state index in [0.717, 1.165) is 11.3 Å². The molecule has 1 aromatic heterocycles. The first-order chi connectivity index (χ1) is 8.31. The summed E-state index contributed by atoms with van der Waals surface area (Å²) < 4.78 is 0. The normalized spacial score (nSPS) is 12.1. The molecule has 1 heterocycles. The molecular weight excluding hydrogens is 214 g/mol. The summed E-state index contributed by atoms with van der Waals surface area (Å²) in [6.07, 6.45) is 3.28. The Kier molecular flexibility index (Phi) is 3.67. The van der Waals surface area contributed by atoms with Gasteiger partial charge in [-0.2, -0.15) is 0 Å². The molecule has 1 aromatic carbocycles. The van der Waals surface area contributed by atoms with Crippen LogP contribution >= 0.6 is 0 Å². The van der Waals surface area contributed by atoms with Crippen LogP contribution in [0.5, 0.6) is 0 Å². The van der Waals surface area contributed by atoms with Crippen molar-refractivity contribution in [3.8, 4) is 0 Å². The number of rotatable bonds is 4. The molecule has 2 aromatic rings. The average Bonchev–Trinajstić information content (AvgIpc) is 2.39. The fraction of sp³-hybridized carbons (Fsp3) is 0.231. The largest absolute Gasteiger partial charge is 0.394 e. The van der Waals surface area contributed by atoms with Crippen molar-refractivity contribution in [3.05, 3.63) is 54.0 Å². The molecular formula is C13H15N3O. The van der Waals surface area contributed by atoms with Gasteiger partial charge >= 0.3 is 0 Å². The van der Waals surface area contributed by atoms with E-state index >= 15 is 0 Å². The smallest absolute Gasteiger partial charge is 0.147 e. The Balaban J connectivity index is 2.19. The third-order valence-electron chi connectivity index (χ3n) is 2.58. The van der Waals surface area contributed by atoms with Crippen molar-refractivity contribution in [1.29, 1.82) is 0 Å². The summed E-state index contributed by atoms with van der Waals surface area (Å²) in [5.74, 6) is 0.704. The van der Waals surface area contributed by atoms with E-state index in [0.29, 0.717) is 5.82 Å². The van der Waals surface area contributed by atoms with Crippen LogP contribution < -0.4 is 5.32 Å². The predicted octanol–water partition coefficient (Wildman–Crippen LogP) is 1.93. The van der Waals surface area contributed by atoms with E-state index in [4.69, 9.17) is 0 Å². The van der Waals surface area contributed by atoms with Crippen LogP contribution in [0.3, 0.4) is 0 Å². The third-order valence-corrected chi connectivity index (χ3v) is 2.58. The summed E-state index contributed by atoms with van der Waals surface area (Å²) in [7, 11) is 0. The molecule has 1 atom stereocenters. The zero-order chi connectivity index (χ0) is 12.1. The molecule has 0 bridgehead atoms. The van der Waals surface area contributed by atoms with E-state index in [2.05, 4.69) is 15.3 Å². The number of hydrogen-bond acceptors (Lipinski definition) is 4. The molecule has 0 spiro atoms. The maximum absolute atomic E-state index is 9.42. The minimum Gasteiger partial charge on any atom is -0.394 e. The van der Waals surface area contributed by atoms with E-state index < -0.39 is 0 Å². The zero-order valence-electron chi connectivity index (χ0n) is 9.67. The fourth-order valence-corrected chi connectivity index (χ4v) is 1.63. The van der Waals surface area contributed by atoms with Gasteiger partial charge in [-0.25, -0.2) is 4.98 Å². The topological polar surface area (TPSA) is 58.0 Å². The van der Waals surface area contributed by atoms with Gasteiger partial charge in [-0.05, 0) is 12.5 Å². The molecule has 2 rings (SSSR count). The van der Waals surface area contributed by atoms with Crippen molar-refractivity contribution >= 4 is 5.82 Å². The number of nitrogens with one attached hydrogen (secondary N) is 1. The lowest BCUT2D eigenvalue weighted by molar-refractivity contribution is 0.276. The molecule has 0 aliphatic heterocycles. The van der Waals surface area contributed by atoms with E-state index in [-0.39, 0.29) is 12.6 Å². The Bertz CT molecular complexity index is 473. The molecule has 4 heteroatoms. The Morgan fingerprint density at radius 2 is 1.88 bits per heavy atom. The monoisotopic (exact) mass is 229 g/mol. The number of aromatic nitrogens is 2. The van der Waals surface area contributed by atoms with Gasteiger partial charge in [0.15, 0.2) is 0 Å². The molecule has 88 valence electrons. The van der Waals surface area contributed by atoms with E-state index in [1.807, 2.05) is 37.3 Å². The maximum Gasteiger partial charge on any atom is 0.147 e. The van der Waals surface area contributed by atoms with Gasteiger partial charge in [-0.1, -0.05) is 30.3 Å². The number of hydrogen-bond donors (Lipinski definition) is 2. The first-order valence-corrected chi connectivity index (χ1v) is 5.51. The molecule has 0 saturated carbocycles. The second-order valence-corrected chi connectivity index (χ2v) is 3.78. The van der Waals surface area contributed by atoms with E-state index in [9.17, 15) is 5.11 Å². The molecule has 0 fully saturated rings. The molecule has 0 radical (unpaired) electrons. The number of aryl methyl sites for hydroxylation is 1. The maximum atomic E-state index is 9.42. The van der Waals surface area contributed by atoms with Crippen molar-refractivity contribution in [1.82, 2.24) is 9.97 Å². The summed E-state index contributed by atoms with van der Waals surface area (Å²) in [5.41, 5.74) is 1.85. The van der Waals surface area contributed by atoms with Gasteiger partial charge in [0.2, 0.25) is 0 Å². The molecule has 0 saturated heterocycles. The molecule has 17 heavy (non-hydrogen) atoms. The lowest BCUT2D eigenvalue weighted by Crippen LogP contribution is -2.16. The number of anilines is 1.